The number of aryl methyl sites for hydroxylation is 2. The summed E-state index contributed by atoms with van der Waals surface area (Å²) in [7, 11) is -3.45. The van der Waals surface area contributed by atoms with Gasteiger partial charge in [0.05, 0.1) is 4.90 Å². The summed E-state index contributed by atoms with van der Waals surface area (Å²) in [5, 5.41) is 3.12. The fraction of sp³-hybridized carbons (Fsp3) is 0.321. The van der Waals surface area contributed by atoms with Crippen LogP contribution in [0.1, 0.15) is 40.9 Å². The molecule has 35 heavy (non-hydrogen) atoms. The molecule has 1 heterocycles. The van der Waals surface area contributed by atoms with E-state index in [1.165, 1.54) is 0 Å². The normalized spacial score (nSPS) is 15.1. The molecule has 0 aliphatic carbocycles. The summed E-state index contributed by atoms with van der Waals surface area (Å²) in [6, 6.07) is 22.4. The van der Waals surface area contributed by atoms with Gasteiger partial charge in [0.1, 0.15) is 0 Å². The number of sulfonamides is 1. The first-order valence-corrected chi connectivity index (χ1v) is 13.6. The number of hydrogen-bond donors (Lipinski definition) is 1. The molecule has 1 fully saturated rings. The maximum absolute atomic E-state index is 12.9. The van der Waals surface area contributed by atoms with E-state index in [1.807, 2.05) is 36.4 Å². The summed E-state index contributed by atoms with van der Waals surface area (Å²) in [6.07, 6.45) is 1.73. The number of nitrogens with zero attached hydrogens (tertiary/aromatic N) is 2. The van der Waals surface area contributed by atoms with Crippen molar-refractivity contribution in [2.24, 2.45) is 0 Å². The Labute approximate surface area is 208 Å². The highest BCUT2D eigenvalue weighted by Crippen LogP contribution is 2.24. The minimum absolute atomic E-state index is 0.105. The van der Waals surface area contributed by atoms with Crippen molar-refractivity contribution in [3.8, 4) is 0 Å². The average molecular weight is 492 g/mol. The van der Waals surface area contributed by atoms with Crippen LogP contribution in [0.2, 0.25) is 0 Å². The Bertz CT molecular complexity index is 1230. The predicted molar refractivity (Wildman–Crippen MR) is 140 cm³/mol. The molecule has 0 unspecified atom stereocenters. The van der Waals surface area contributed by atoms with Gasteiger partial charge < -0.3 is 5.32 Å². The zero-order chi connectivity index (χ0) is 24.8. The van der Waals surface area contributed by atoms with Crippen LogP contribution in [0, 0.1) is 0 Å². The Hall–Kier alpha value is -3.00. The van der Waals surface area contributed by atoms with Gasteiger partial charge in [0.15, 0.2) is 0 Å². The quantitative estimate of drug-likeness (QED) is 0.501. The number of para-hydroxylation sites is 1. The van der Waals surface area contributed by atoms with Gasteiger partial charge in [-0.15, -0.1) is 0 Å². The Morgan fingerprint density at radius 1 is 0.800 bits per heavy atom. The van der Waals surface area contributed by atoms with E-state index < -0.39 is 10.0 Å². The Morgan fingerprint density at radius 3 is 1.97 bits per heavy atom. The van der Waals surface area contributed by atoms with E-state index in [4.69, 9.17) is 0 Å². The number of carbonyl (C=O) groups is 1. The standard InChI is InChI=1S/C28H33N3O3S/c1-3-23-9-8-10-24(4-2)27(23)29-28(32)25-15-13-22(14-16-25)21-30-17-19-31(20-18-30)35(33,34)26-11-6-5-7-12-26/h5-16H,3-4,17-21H2,1-2H3,(H,29,32). The molecular weight excluding hydrogens is 458 g/mol. The van der Waals surface area contributed by atoms with Gasteiger partial charge in [-0.05, 0) is 53.8 Å². The molecule has 6 nitrogen and oxygen atoms in total. The van der Waals surface area contributed by atoms with E-state index in [1.54, 1.807) is 28.6 Å². The molecular formula is C28H33N3O3S. The lowest BCUT2D eigenvalue weighted by molar-refractivity contribution is 0.102. The van der Waals surface area contributed by atoms with Crippen molar-refractivity contribution >= 4 is 21.6 Å². The lowest BCUT2D eigenvalue weighted by atomic mass is 10.0. The first-order valence-electron chi connectivity index (χ1n) is 12.2. The summed E-state index contributed by atoms with van der Waals surface area (Å²) >= 11 is 0. The number of nitrogens with one attached hydrogen (secondary N) is 1. The average Bonchev–Trinajstić information content (AvgIpc) is 2.90. The summed E-state index contributed by atoms with van der Waals surface area (Å²) in [5.74, 6) is -0.105. The second-order valence-corrected chi connectivity index (χ2v) is 10.7. The molecule has 1 aliphatic heterocycles. The molecule has 3 aromatic rings. The lowest BCUT2D eigenvalue weighted by Gasteiger charge is -2.34. The van der Waals surface area contributed by atoms with Crippen molar-refractivity contribution in [1.29, 1.82) is 0 Å². The summed E-state index contributed by atoms with van der Waals surface area (Å²) in [5.41, 5.74) is 4.94. The SMILES string of the molecule is CCc1cccc(CC)c1NC(=O)c1ccc(CN2CCN(S(=O)(=O)c3ccccc3)CC2)cc1. The molecule has 0 spiro atoms. The smallest absolute Gasteiger partial charge is 0.255 e. The van der Waals surface area contributed by atoms with Gasteiger partial charge in [-0.2, -0.15) is 4.31 Å². The van der Waals surface area contributed by atoms with E-state index in [0.29, 0.717) is 36.6 Å². The highest BCUT2D eigenvalue weighted by molar-refractivity contribution is 7.89. The van der Waals surface area contributed by atoms with Crippen molar-refractivity contribution in [1.82, 2.24) is 9.21 Å². The molecule has 0 saturated carbocycles. The highest BCUT2D eigenvalue weighted by Gasteiger charge is 2.28. The van der Waals surface area contributed by atoms with Gasteiger partial charge in [0, 0.05) is 44.0 Å². The maximum Gasteiger partial charge on any atom is 0.255 e. The molecule has 7 heteroatoms. The van der Waals surface area contributed by atoms with Gasteiger partial charge in [-0.1, -0.05) is 62.4 Å². The zero-order valence-corrected chi connectivity index (χ0v) is 21.2. The number of carbonyl (C=O) groups excluding carboxylic acids is 1. The third kappa shape index (κ3) is 5.81. The molecule has 0 aromatic heterocycles. The molecule has 1 amide bonds. The minimum atomic E-state index is -3.45. The van der Waals surface area contributed by atoms with Crippen LogP contribution in [0.15, 0.2) is 77.7 Å². The Kier molecular flexibility index (Phi) is 8.00. The van der Waals surface area contributed by atoms with Crippen molar-refractivity contribution < 1.29 is 13.2 Å². The largest absolute Gasteiger partial charge is 0.321 e. The highest BCUT2D eigenvalue weighted by atomic mass is 32.2. The molecule has 0 radical (unpaired) electrons. The van der Waals surface area contributed by atoms with E-state index in [2.05, 4.69) is 36.2 Å². The molecule has 0 bridgehead atoms. The number of hydrogen-bond acceptors (Lipinski definition) is 4. The molecule has 0 atom stereocenters. The first-order chi connectivity index (χ1) is 16.9. The van der Waals surface area contributed by atoms with Crippen molar-refractivity contribution in [2.45, 2.75) is 38.1 Å². The molecule has 1 saturated heterocycles. The van der Waals surface area contributed by atoms with E-state index in [0.717, 1.165) is 41.8 Å². The first kappa shape index (κ1) is 25.1. The number of benzene rings is 3. The van der Waals surface area contributed by atoms with Crippen LogP contribution in [-0.2, 0) is 29.4 Å². The fourth-order valence-electron chi connectivity index (χ4n) is 4.48. The van der Waals surface area contributed by atoms with Crippen LogP contribution in [-0.4, -0.2) is 49.7 Å². The number of amides is 1. The molecule has 184 valence electrons. The Morgan fingerprint density at radius 2 is 1.40 bits per heavy atom. The topological polar surface area (TPSA) is 69.7 Å². The molecule has 3 aromatic carbocycles. The van der Waals surface area contributed by atoms with Gasteiger partial charge >= 0.3 is 0 Å². The lowest BCUT2D eigenvalue weighted by Crippen LogP contribution is -2.48. The zero-order valence-electron chi connectivity index (χ0n) is 20.4. The summed E-state index contributed by atoms with van der Waals surface area (Å²) in [6.45, 7) is 7.18. The third-order valence-electron chi connectivity index (χ3n) is 6.57. The number of rotatable bonds is 8. The van der Waals surface area contributed by atoms with Crippen molar-refractivity contribution in [3.63, 3.8) is 0 Å². The minimum Gasteiger partial charge on any atom is -0.321 e. The monoisotopic (exact) mass is 491 g/mol. The third-order valence-corrected chi connectivity index (χ3v) is 8.48. The Balaban J connectivity index is 1.35. The predicted octanol–water partition coefficient (Wildman–Crippen LogP) is 4.57. The van der Waals surface area contributed by atoms with Crippen molar-refractivity contribution in [3.05, 3.63) is 95.1 Å². The molecule has 1 aliphatic rings. The van der Waals surface area contributed by atoms with Crippen LogP contribution in [0.3, 0.4) is 0 Å². The van der Waals surface area contributed by atoms with Crippen molar-refractivity contribution in [2.75, 3.05) is 31.5 Å². The second kappa shape index (κ2) is 11.2. The van der Waals surface area contributed by atoms with E-state index in [9.17, 15) is 13.2 Å². The van der Waals surface area contributed by atoms with Crippen LogP contribution < -0.4 is 5.32 Å². The van der Waals surface area contributed by atoms with Crippen LogP contribution in [0.4, 0.5) is 5.69 Å². The van der Waals surface area contributed by atoms with Crippen LogP contribution in [0.25, 0.3) is 0 Å². The van der Waals surface area contributed by atoms with Gasteiger partial charge in [-0.3, -0.25) is 9.69 Å². The van der Waals surface area contributed by atoms with E-state index in [-0.39, 0.29) is 5.91 Å². The number of piperazine rings is 1. The van der Waals surface area contributed by atoms with Gasteiger partial charge in [0.25, 0.3) is 5.91 Å². The summed E-state index contributed by atoms with van der Waals surface area (Å²) in [4.78, 5) is 15.5. The number of anilines is 1. The van der Waals surface area contributed by atoms with E-state index >= 15 is 0 Å². The van der Waals surface area contributed by atoms with Crippen LogP contribution in [0.5, 0.6) is 0 Å². The van der Waals surface area contributed by atoms with Gasteiger partial charge in [0.2, 0.25) is 10.0 Å². The van der Waals surface area contributed by atoms with Crippen LogP contribution >= 0.6 is 0 Å². The molecule has 4 rings (SSSR count). The van der Waals surface area contributed by atoms with Gasteiger partial charge in [-0.25, -0.2) is 8.42 Å². The molecule has 1 N–H and O–H groups in total. The second-order valence-electron chi connectivity index (χ2n) is 8.80. The maximum atomic E-state index is 12.9. The summed E-state index contributed by atoms with van der Waals surface area (Å²) < 4.78 is 27.2. The fourth-order valence-corrected chi connectivity index (χ4v) is 5.92.